The van der Waals surface area contributed by atoms with Gasteiger partial charge in [-0.25, -0.2) is 4.79 Å². The Bertz CT molecular complexity index is 530. The minimum atomic E-state index is -0.417. The third-order valence-corrected chi connectivity index (χ3v) is 4.58. The summed E-state index contributed by atoms with van der Waals surface area (Å²) in [5.41, 5.74) is 1.10. The Hall–Kier alpha value is -1.55. The number of carbonyl (C=O) groups excluding carboxylic acids is 1. The molecule has 3 rings (SSSR count). The zero-order chi connectivity index (χ0) is 15.8. The molecule has 120 valence electrons. The van der Waals surface area contributed by atoms with E-state index in [-0.39, 0.29) is 11.6 Å². The highest BCUT2D eigenvalue weighted by atomic mass is 16.6. The second-order valence-electron chi connectivity index (χ2n) is 7.57. The smallest absolute Gasteiger partial charge is 0.410 e. The Morgan fingerprint density at radius 1 is 1.23 bits per heavy atom. The molecule has 0 atom stereocenters. The Labute approximate surface area is 133 Å². The molecular weight excluding hydrogens is 276 g/mol. The molecule has 0 radical (unpaired) electrons. The van der Waals surface area contributed by atoms with Crippen LogP contribution in [0.25, 0.3) is 0 Å². The van der Waals surface area contributed by atoms with E-state index in [2.05, 4.69) is 35.2 Å². The van der Waals surface area contributed by atoms with Crippen LogP contribution in [0.15, 0.2) is 30.3 Å². The van der Waals surface area contributed by atoms with Crippen molar-refractivity contribution in [2.45, 2.75) is 51.3 Å². The van der Waals surface area contributed by atoms with E-state index in [0.717, 1.165) is 26.2 Å². The first-order valence-corrected chi connectivity index (χ1v) is 8.15. The van der Waals surface area contributed by atoms with Crippen LogP contribution in [0.2, 0.25) is 0 Å². The quantitative estimate of drug-likeness (QED) is 0.840. The molecule has 0 aromatic heterocycles. The highest BCUT2D eigenvalue weighted by Crippen LogP contribution is 2.39. The van der Waals surface area contributed by atoms with Crippen molar-refractivity contribution in [1.29, 1.82) is 0 Å². The number of ether oxygens (including phenoxy) is 1. The Morgan fingerprint density at radius 2 is 1.91 bits per heavy atom. The maximum atomic E-state index is 12.1. The van der Waals surface area contributed by atoms with Gasteiger partial charge in [-0.3, -0.25) is 4.90 Å². The summed E-state index contributed by atoms with van der Waals surface area (Å²) in [5.74, 6) is 0. The number of hydrogen-bond donors (Lipinski definition) is 0. The van der Waals surface area contributed by atoms with Crippen LogP contribution in [-0.4, -0.2) is 46.7 Å². The molecule has 2 aliphatic heterocycles. The standard InChI is InChI=1S/C18H26N2O2/c1-17(2,3)22-16(21)19-13-18(14-19)10-7-11-20(18)12-15-8-5-4-6-9-15/h4-6,8-9H,7,10-14H2,1-3H3. The van der Waals surface area contributed by atoms with E-state index < -0.39 is 5.60 Å². The van der Waals surface area contributed by atoms with E-state index in [9.17, 15) is 4.79 Å². The van der Waals surface area contributed by atoms with Crippen LogP contribution in [0.4, 0.5) is 4.79 Å². The van der Waals surface area contributed by atoms with Crippen LogP contribution in [0, 0.1) is 0 Å². The fourth-order valence-electron chi connectivity index (χ4n) is 3.52. The summed E-state index contributed by atoms with van der Waals surface area (Å²) in [4.78, 5) is 16.5. The van der Waals surface area contributed by atoms with Gasteiger partial charge in [0.25, 0.3) is 0 Å². The lowest BCUT2D eigenvalue weighted by molar-refractivity contribution is -0.0505. The summed E-state index contributed by atoms with van der Waals surface area (Å²) >= 11 is 0. The predicted molar refractivity (Wildman–Crippen MR) is 86.6 cm³/mol. The van der Waals surface area contributed by atoms with Gasteiger partial charge in [-0.05, 0) is 45.7 Å². The molecule has 0 unspecified atom stereocenters. The minimum absolute atomic E-state index is 0.173. The van der Waals surface area contributed by atoms with Gasteiger partial charge in [-0.1, -0.05) is 30.3 Å². The first-order chi connectivity index (χ1) is 10.4. The predicted octanol–water partition coefficient (Wildman–Crippen LogP) is 3.27. The maximum Gasteiger partial charge on any atom is 0.410 e. The number of nitrogens with zero attached hydrogens (tertiary/aromatic N) is 2. The SMILES string of the molecule is CC(C)(C)OC(=O)N1CC2(CCCN2Cc2ccccc2)C1. The number of hydrogen-bond acceptors (Lipinski definition) is 3. The Balaban J connectivity index is 1.60. The highest BCUT2D eigenvalue weighted by molar-refractivity contribution is 5.69. The fourth-order valence-corrected chi connectivity index (χ4v) is 3.52. The topological polar surface area (TPSA) is 32.8 Å². The minimum Gasteiger partial charge on any atom is -0.444 e. The van der Waals surface area contributed by atoms with Crippen LogP contribution in [0.3, 0.4) is 0 Å². The fraction of sp³-hybridized carbons (Fsp3) is 0.611. The molecule has 22 heavy (non-hydrogen) atoms. The lowest BCUT2D eigenvalue weighted by Gasteiger charge is -2.52. The van der Waals surface area contributed by atoms with Gasteiger partial charge in [0, 0.05) is 19.6 Å². The Morgan fingerprint density at radius 3 is 2.55 bits per heavy atom. The molecule has 1 aromatic carbocycles. The van der Waals surface area contributed by atoms with Crippen molar-refractivity contribution in [1.82, 2.24) is 9.80 Å². The molecule has 4 heteroatoms. The van der Waals surface area contributed by atoms with E-state index in [1.165, 1.54) is 18.4 Å². The second kappa shape index (κ2) is 5.58. The van der Waals surface area contributed by atoms with Crippen molar-refractivity contribution in [3.05, 3.63) is 35.9 Å². The van der Waals surface area contributed by atoms with Crippen molar-refractivity contribution in [3.8, 4) is 0 Å². The van der Waals surface area contributed by atoms with Crippen molar-refractivity contribution in [3.63, 3.8) is 0 Å². The summed E-state index contributed by atoms with van der Waals surface area (Å²) in [6.45, 7) is 9.44. The van der Waals surface area contributed by atoms with Crippen LogP contribution in [0.1, 0.15) is 39.2 Å². The maximum absolute atomic E-state index is 12.1. The number of amides is 1. The summed E-state index contributed by atoms with van der Waals surface area (Å²) in [7, 11) is 0. The van der Waals surface area contributed by atoms with Crippen LogP contribution in [-0.2, 0) is 11.3 Å². The molecule has 2 heterocycles. The molecule has 1 spiro atoms. The normalized spacial score (nSPS) is 21.0. The molecule has 0 N–H and O–H groups in total. The third-order valence-electron chi connectivity index (χ3n) is 4.58. The van der Waals surface area contributed by atoms with Gasteiger partial charge < -0.3 is 9.64 Å². The average molecular weight is 302 g/mol. The van der Waals surface area contributed by atoms with E-state index in [0.29, 0.717) is 0 Å². The second-order valence-corrected chi connectivity index (χ2v) is 7.57. The molecule has 2 saturated heterocycles. The Kier molecular flexibility index (Phi) is 3.89. The largest absolute Gasteiger partial charge is 0.444 e. The summed E-state index contributed by atoms with van der Waals surface area (Å²) < 4.78 is 5.47. The zero-order valence-electron chi connectivity index (χ0n) is 13.8. The van der Waals surface area contributed by atoms with E-state index in [4.69, 9.17) is 4.74 Å². The van der Waals surface area contributed by atoms with Gasteiger partial charge in [0.15, 0.2) is 0 Å². The first kappa shape index (κ1) is 15.3. The number of benzene rings is 1. The van der Waals surface area contributed by atoms with Gasteiger partial charge in [0.2, 0.25) is 0 Å². The summed E-state index contributed by atoms with van der Waals surface area (Å²) in [5, 5.41) is 0. The summed E-state index contributed by atoms with van der Waals surface area (Å²) in [6, 6.07) is 10.6. The molecule has 4 nitrogen and oxygen atoms in total. The van der Waals surface area contributed by atoms with E-state index in [1.54, 1.807) is 0 Å². The third kappa shape index (κ3) is 3.12. The van der Waals surface area contributed by atoms with Crippen molar-refractivity contribution < 1.29 is 9.53 Å². The van der Waals surface area contributed by atoms with Crippen LogP contribution in [0.5, 0.6) is 0 Å². The van der Waals surface area contributed by atoms with Crippen LogP contribution >= 0.6 is 0 Å². The number of carbonyl (C=O) groups is 1. The molecule has 2 aliphatic rings. The first-order valence-electron chi connectivity index (χ1n) is 8.15. The lowest BCUT2D eigenvalue weighted by atomic mass is 9.87. The molecule has 0 aliphatic carbocycles. The van der Waals surface area contributed by atoms with E-state index >= 15 is 0 Å². The molecular formula is C18H26N2O2. The lowest BCUT2D eigenvalue weighted by Crippen LogP contribution is -2.69. The molecule has 2 fully saturated rings. The highest BCUT2D eigenvalue weighted by Gasteiger charge is 2.52. The molecule has 0 bridgehead atoms. The van der Waals surface area contributed by atoms with Crippen molar-refractivity contribution in [2.24, 2.45) is 0 Å². The van der Waals surface area contributed by atoms with Gasteiger partial charge in [0.05, 0.1) is 5.54 Å². The van der Waals surface area contributed by atoms with Crippen molar-refractivity contribution in [2.75, 3.05) is 19.6 Å². The van der Waals surface area contributed by atoms with E-state index in [1.807, 2.05) is 25.7 Å². The van der Waals surface area contributed by atoms with Gasteiger partial charge in [0.1, 0.15) is 5.60 Å². The molecule has 1 amide bonds. The monoisotopic (exact) mass is 302 g/mol. The van der Waals surface area contributed by atoms with Crippen LogP contribution < -0.4 is 0 Å². The van der Waals surface area contributed by atoms with Gasteiger partial charge >= 0.3 is 6.09 Å². The van der Waals surface area contributed by atoms with Gasteiger partial charge in [-0.2, -0.15) is 0 Å². The summed E-state index contributed by atoms with van der Waals surface area (Å²) in [6.07, 6.45) is 2.22. The van der Waals surface area contributed by atoms with Gasteiger partial charge in [-0.15, -0.1) is 0 Å². The molecule has 1 aromatic rings. The van der Waals surface area contributed by atoms with Crippen molar-refractivity contribution >= 4 is 6.09 Å². The number of rotatable bonds is 2. The zero-order valence-corrected chi connectivity index (χ0v) is 13.8. The number of likely N-dealkylation sites (tertiary alicyclic amines) is 2. The molecule has 0 saturated carbocycles. The average Bonchev–Trinajstić information content (AvgIpc) is 2.79.